The second-order valence-electron chi connectivity index (χ2n) is 4.21. The third-order valence-electron chi connectivity index (χ3n) is 2.84. The molecular formula is C16H13N3O2. The highest BCUT2D eigenvalue weighted by Crippen LogP contribution is 2.30. The summed E-state index contributed by atoms with van der Waals surface area (Å²) in [7, 11) is 1.57. The van der Waals surface area contributed by atoms with Gasteiger partial charge in [-0.2, -0.15) is 0 Å². The third-order valence-corrected chi connectivity index (χ3v) is 2.84. The Balaban J connectivity index is 1.99. The number of pyridine rings is 1. The van der Waals surface area contributed by atoms with Gasteiger partial charge in [-0.25, -0.2) is 15.0 Å². The summed E-state index contributed by atoms with van der Waals surface area (Å²) >= 11 is 0. The Labute approximate surface area is 122 Å². The van der Waals surface area contributed by atoms with Gasteiger partial charge in [0.05, 0.1) is 7.11 Å². The maximum Gasteiger partial charge on any atom is 0.246 e. The Morgan fingerprint density at radius 3 is 2.48 bits per heavy atom. The van der Waals surface area contributed by atoms with Crippen molar-refractivity contribution >= 4 is 0 Å². The first-order valence-corrected chi connectivity index (χ1v) is 6.41. The predicted octanol–water partition coefficient (Wildman–Crippen LogP) is 3.34. The first kappa shape index (κ1) is 13.1. The van der Waals surface area contributed by atoms with E-state index in [2.05, 4.69) is 15.0 Å². The molecule has 0 amide bonds. The van der Waals surface area contributed by atoms with Crippen molar-refractivity contribution in [2.45, 2.75) is 0 Å². The van der Waals surface area contributed by atoms with Crippen LogP contribution in [0.25, 0.3) is 11.3 Å². The van der Waals surface area contributed by atoms with Gasteiger partial charge in [-0.1, -0.05) is 18.2 Å². The Bertz CT molecular complexity index is 732. The number of para-hydroxylation sites is 1. The lowest BCUT2D eigenvalue weighted by Gasteiger charge is -2.09. The van der Waals surface area contributed by atoms with Crippen molar-refractivity contribution < 1.29 is 9.47 Å². The van der Waals surface area contributed by atoms with Crippen molar-refractivity contribution in [1.82, 2.24) is 15.0 Å². The number of methoxy groups -OCH3 is 1. The number of aromatic nitrogens is 3. The van der Waals surface area contributed by atoms with Crippen LogP contribution in [0.15, 0.2) is 61.1 Å². The zero-order chi connectivity index (χ0) is 14.5. The molecule has 0 unspecified atom stereocenters. The van der Waals surface area contributed by atoms with Gasteiger partial charge in [0.25, 0.3) is 0 Å². The Kier molecular flexibility index (Phi) is 3.73. The normalized spacial score (nSPS) is 10.1. The zero-order valence-electron chi connectivity index (χ0n) is 11.4. The Hall–Kier alpha value is -2.95. The molecule has 2 heterocycles. The molecule has 3 rings (SSSR count). The number of hydrogen-bond acceptors (Lipinski definition) is 5. The lowest BCUT2D eigenvalue weighted by Crippen LogP contribution is -1.95. The van der Waals surface area contributed by atoms with Gasteiger partial charge in [0.2, 0.25) is 11.8 Å². The van der Waals surface area contributed by atoms with Gasteiger partial charge in [0, 0.05) is 30.2 Å². The maximum absolute atomic E-state index is 5.80. The summed E-state index contributed by atoms with van der Waals surface area (Å²) in [5, 5.41) is 0. The average molecular weight is 279 g/mol. The second kappa shape index (κ2) is 6.00. The summed E-state index contributed by atoms with van der Waals surface area (Å²) < 4.78 is 10.9. The van der Waals surface area contributed by atoms with Crippen LogP contribution >= 0.6 is 0 Å². The molecule has 5 nitrogen and oxygen atoms in total. The van der Waals surface area contributed by atoms with E-state index in [4.69, 9.17) is 9.47 Å². The van der Waals surface area contributed by atoms with Crippen molar-refractivity contribution in [2.24, 2.45) is 0 Å². The zero-order valence-corrected chi connectivity index (χ0v) is 11.4. The van der Waals surface area contributed by atoms with Gasteiger partial charge in [-0.05, 0) is 18.2 Å². The van der Waals surface area contributed by atoms with Crippen LogP contribution in [0.1, 0.15) is 0 Å². The van der Waals surface area contributed by atoms with Crippen LogP contribution < -0.4 is 9.47 Å². The Morgan fingerprint density at radius 2 is 1.67 bits per heavy atom. The predicted molar refractivity (Wildman–Crippen MR) is 78.3 cm³/mol. The molecule has 0 aliphatic carbocycles. The van der Waals surface area contributed by atoms with Crippen molar-refractivity contribution in [3.8, 4) is 28.8 Å². The van der Waals surface area contributed by atoms with Gasteiger partial charge in [0.15, 0.2) is 0 Å². The number of benzene rings is 1. The highest BCUT2D eigenvalue weighted by Gasteiger charge is 2.11. The molecule has 2 aromatic heterocycles. The third kappa shape index (κ3) is 2.97. The molecular weight excluding hydrogens is 266 g/mol. The van der Waals surface area contributed by atoms with Crippen LogP contribution in [-0.4, -0.2) is 22.1 Å². The molecule has 21 heavy (non-hydrogen) atoms. The van der Waals surface area contributed by atoms with E-state index in [1.54, 1.807) is 31.8 Å². The van der Waals surface area contributed by atoms with E-state index in [1.165, 1.54) is 0 Å². The lowest BCUT2D eigenvalue weighted by atomic mass is 10.2. The summed E-state index contributed by atoms with van der Waals surface area (Å²) in [5.74, 6) is 1.67. The topological polar surface area (TPSA) is 57.1 Å². The van der Waals surface area contributed by atoms with Gasteiger partial charge in [-0.3, -0.25) is 0 Å². The minimum Gasteiger partial charge on any atom is -0.481 e. The molecule has 3 aromatic rings. The smallest absolute Gasteiger partial charge is 0.246 e. The summed E-state index contributed by atoms with van der Waals surface area (Å²) in [6, 6.07) is 13.1. The van der Waals surface area contributed by atoms with Crippen LogP contribution in [0.5, 0.6) is 17.5 Å². The van der Waals surface area contributed by atoms with Gasteiger partial charge < -0.3 is 9.47 Å². The van der Waals surface area contributed by atoms with Crippen LogP contribution in [0.3, 0.4) is 0 Å². The fraction of sp³-hybridized carbons (Fsp3) is 0.0625. The molecule has 0 aliphatic rings. The molecule has 0 fully saturated rings. The largest absolute Gasteiger partial charge is 0.481 e. The van der Waals surface area contributed by atoms with Gasteiger partial charge in [0.1, 0.15) is 11.4 Å². The molecule has 0 radical (unpaired) electrons. The van der Waals surface area contributed by atoms with Crippen molar-refractivity contribution in [2.75, 3.05) is 7.11 Å². The second-order valence-corrected chi connectivity index (χ2v) is 4.21. The molecule has 0 N–H and O–H groups in total. The van der Waals surface area contributed by atoms with Gasteiger partial charge in [-0.15, -0.1) is 0 Å². The van der Waals surface area contributed by atoms with Crippen molar-refractivity contribution in [3.63, 3.8) is 0 Å². The molecule has 0 atom stereocenters. The fourth-order valence-corrected chi connectivity index (χ4v) is 1.87. The Morgan fingerprint density at radius 1 is 0.857 bits per heavy atom. The first-order valence-electron chi connectivity index (χ1n) is 6.41. The van der Waals surface area contributed by atoms with Crippen LogP contribution in [-0.2, 0) is 0 Å². The molecule has 0 bridgehead atoms. The van der Waals surface area contributed by atoms with Crippen molar-refractivity contribution in [1.29, 1.82) is 0 Å². The minimum atomic E-state index is 0.442. The maximum atomic E-state index is 5.80. The summed E-state index contributed by atoms with van der Waals surface area (Å²) in [4.78, 5) is 12.7. The number of hydrogen-bond donors (Lipinski definition) is 0. The van der Waals surface area contributed by atoms with Gasteiger partial charge >= 0.3 is 0 Å². The van der Waals surface area contributed by atoms with Crippen LogP contribution in [0.2, 0.25) is 0 Å². The molecule has 0 saturated heterocycles. The summed E-state index contributed by atoms with van der Waals surface area (Å²) in [6.07, 6.45) is 4.88. The standard InChI is InChI=1S/C16H13N3O2/c1-20-14-11-12(7-8-17-14)15-16(19-10-9-18-15)21-13-5-3-2-4-6-13/h2-11H,1H3. The first-order chi connectivity index (χ1) is 10.4. The van der Waals surface area contributed by atoms with E-state index in [0.29, 0.717) is 23.2 Å². The molecule has 0 saturated carbocycles. The molecule has 1 aromatic carbocycles. The number of rotatable bonds is 4. The van der Waals surface area contributed by atoms with E-state index in [-0.39, 0.29) is 0 Å². The minimum absolute atomic E-state index is 0.442. The van der Waals surface area contributed by atoms with E-state index >= 15 is 0 Å². The monoisotopic (exact) mass is 279 g/mol. The molecule has 0 spiro atoms. The van der Waals surface area contributed by atoms with E-state index < -0.39 is 0 Å². The molecule has 5 heteroatoms. The average Bonchev–Trinajstić information content (AvgIpc) is 2.56. The number of nitrogens with zero attached hydrogens (tertiary/aromatic N) is 3. The summed E-state index contributed by atoms with van der Waals surface area (Å²) in [6.45, 7) is 0. The quantitative estimate of drug-likeness (QED) is 0.733. The number of ether oxygens (including phenoxy) is 2. The van der Waals surface area contributed by atoms with Crippen molar-refractivity contribution in [3.05, 3.63) is 61.1 Å². The van der Waals surface area contributed by atoms with E-state index in [9.17, 15) is 0 Å². The van der Waals surface area contributed by atoms with E-state index in [0.717, 1.165) is 5.56 Å². The van der Waals surface area contributed by atoms with Crippen LogP contribution in [0, 0.1) is 0 Å². The lowest BCUT2D eigenvalue weighted by molar-refractivity contribution is 0.398. The molecule has 0 aliphatic heterocycles. The van der Waals surface area contributed by atoms with Crippen LogP contribution in [0.4, 0.5) is 0 Å². The van der Waals surface area contributed by atoms with E-state index in [1.807, 2.05) is 36.4 Å². The highest BCUT2D eigenvalue weighted by molar-refractivity contribution is 5.65. The SMILES string of the molecule is COc1cc(-c2nccnc2Oc2ccccc2)ccn1. The fourth-order valence-electron chi connectivity index (χ4n) is 1.87. The summed E-state index contributed by atoms with van der Waals surface area (Å²) in [5.41, 5.74) is 1.47. The molecule has 104 valence electrons. The highest BCUT2D eigenvalue weighted by atomic mass is 16.5.